The Morgan fingerprint density at radius 1 is 1.33 bits per heavy atom. The minimum Gasteiger partial charge on any atom is -0.329 e. The van der Waals surface area contributed by atoms with E-state index in [2.05, 4.69) is 44.9 Å². The van der Waals surface area contributed by atoms with Gasteiger partial charge in [-0.2, -0.15) is 0 Å². The number of benzene rings is 1. The molecule has 0 atom stereocenters. The van der Waals surface area contributed by atoms with E-state index in [1.807, 2.05) is 31.4 Å². The molecule has 1 aromatic carbocycles. The molecule has 2 rings (SSSR count). The lowest BCUT2D eigenvalue weighted by atomic mass is 10.1. The third kappa shape index (κ3) is 2.54. The van der Waals surface area contributed by atoms with Gasteiger partial charge in [0.25, 0.3) is 0 Å². The molecule has 0 aliphatic rings. The highest BCUT2D eigenvalue weighted by atomic mass is 79.9. The van der Waals surface area contributed by atoms with Gasteiger partial charge in [0.05, 0.1) is 0 Å². The Kier molecular flexibility index (Phi) is 3.99. The molecule has 0 radical (unpaired) electrons. The van der Waals surface area contributed by atoms with Gasteiger partial charge in [-0.25, -0.2) is 4.98 Å². The van der Waals surface area contributed by atoms with Gasteiger partial charge in [-0.15, -0.1) is 0 Å². The lowest BCUT2D eigenvalue weighted by Crippen LogP contribution is -2.15. The summed E-state index contributed by atoms with van der Waals surface area (Å²) in [4.78, 5) is 6.54. The van der Waals surface area contributed by atoms with E-state index in [0.717, 1.165) is 27.1 Å². The number of anilines is 2. The van der Waals surface area contributed by atoms with Crippen LogP contribution in [0, 0.1) is 6.92 Å². The number of halogens is 1. The number of aryl methyl sites for hydroxylation is 1. The minimum atomic E-state index is 0.524. The highest BCUT2D eigenvalue weighted by molar-refractivity contribution is 9.10. The SMILES string of the molecule is Cc1cc(Br)cnc1N(C)c1ccccc1CN. The summed E-state index contributed by atoms with van der Waals surface area (Å²) in [6, 6.07) is 10.2. The highest BCUT2D eigenvalue weighted by Gasteiger charge is 2.11. The van der Waals surface area contributed by atoms with E-state index in [1.165, 1.54) is 0 Å². The molecule has 0 bridgehead atoms. The van der Waals surface area contributed by atoms with Gasteiger partial charge in [-0.05, 0) is 46.1 Å². The second kappa shape index (κ2) is 5.50. The monoisotopic (exact) mass is 305 g/mol. The van der Waals surface area contributed by atoms with Crippen LogP contribution in [0.2, 0.25) is 0 Å². The van der Waals surface area contributed by atoms with Crippen LogP contribution in [0.15, 0.2) is 41.0 Å². The van der Waals surface area contributed by atoms with Crippen LogP contribution in [-0.2, 0) is 6.54 Å². The quantitative estimate of drug-likeness (QED) is 0.945. The van der Waals surface area contributed by atoms with Gasteiger partial charge in [0.1, 0.15) is 5.82 Å². The normalized spacial score (nSPS) is 10.4. The molecule has 18 heavy (non-hydrogen) atoms. The van der Waals surface area contributed by atoms with E-state index in [9.17, 15) is 0 Å². The Balaban J connectivity index is 2.44. The first kappa shape index (κ1) is 13.1. The van der Waals surface area contributed by atoms with E-state index in [1.54, 1.807) is 0 Å². The number of pyridine rings is 1. The average Bonchev–Trinajstić information content (AvgIpc) is 2.38. The van der Waals surface area contributed by atoms with E-state index in [4.69, 9.17) is 5.73 Å². The molecule has 0 amide bonds. The fraction of sp³-hybridized carbons (Fsp3) is 0.214. The molecule has 0 unspecified atom stereocenters. The maximum atomic E-state index is 5.77. The number of para-hydroxylation sites is 1. The topological polar surface area (TPSA) is 42.2 Å². The summed E-state index contributed by atoms with van der Waals surface area (Å²) < 4.78 is 0.990. The molecular formula is C14H16BrN3. The van der Waals surface area contributed by atoms with Crippen LogP contribution in [0.4, 0.5) is 11.5 Å². The molecule has 0 aliphatic carbocycles. The van der Waals surface area contributed by atoms with Gasteiger partial charge in [-0.1, -0.05) is 18.2 Å². The van der Waals surface area contributed by atoms with E-state index < -0.39 is 0 Å². The predicted octanol–water partition coefficient (Wildman–Crippen LogP) is 3.38. The van der Waals surface area contributed by atoms with Gasteiger partial charge in [-0.3, -0.25) is 0 Å². The number of nitrogens with two attached hydrogens (primary N) is 1. The number of rotatable bonds is 3. The predicted molar refractivity (Wildman–Crippen MR) is 79.1 cm³/mol. The molecule has 1 aromatic heterocycles. The van der Waals surface area contributed by atoms with Gasteiger partial charge >= 0.3 is 0 Å². The first-order valence-electron chi connectivity index (χ1n) is 5.77. The summed E-state index contributed by atoms with van der Waals surface area (Å²) in [6.45, 7) is 2.57. The van der Waals surface area contributed by atoms with Gasteiger partial charge in [0, 0.05) is 29.9 Å². The van der Waals surface area contributed by atoms with E-state index in [-0.39, 0.29) is 0 Å². The Morgan fingerprint density at radius 3 is 2.72 bits per heavy atom. The molecule has 0 aliphatic heterocycles. The summed E-state index contributed by atoms with van der Waals surface area (Å²) in [5.74, 6) is 0.944. The fourth-order valence-corrected chi connectivity index (χ4v) is 2.45. The molecule has 1 heterocycles. The van der Waals surface area contributed by atoms with E-state index in [0.29, 0.717) is 6.54 Å². The van der Waals surface area contributed by atoms with Crippen LogP contribution in [0.1, 0.15) is 11.1 Å². The standard InChI is InChI=1S/C14H16BrN3/c1-10-7-12(15)9-17-14(10)18(2)13-6-4-3-5-11(13)8-16/h3-7,9H,8,16H2,1-2H3. The van der Waals surface area contributed by atoms with Gasteiger partial charge in [0.15, 0.2) is 0 Å². The second-order valence-corrected chi connectivity index (χ2v) is 5.10. The zero-order valence-corrected chi connectivity index (χ0v) is 12.1. The summed E-state index contributed by atoms with van der Waals surface area (Å²) >= 11 is 3.43. The van der Waals surface area contributed by atoms with Crippen molar-refractivity contribution in [3.05, 3.63) is 52.1 Å². The molecule has 2 N–H and O–H groups in total. The van der Waals surface area contributed by atoms with Crippen LogP contribution >= 0.6 is 15.9 Å². The summed E-state index contributed by atoms with van der Waals surface area (Å²) in [5, 5.41) is 0. The molecule has 0 saturated carbocycles. The van der Waals surface area contributed by atoms with Crippen molar-refractivity contribution in [2.24, 2.45) is 5.73 Å². The highest BCUT2D eigenvalue weighted by Crippen LogP contribution is 2.28. The average molecular weight is 306 g/mol. The zero-order valence-electron chi connectivity index (χ0n) is 10.5. The maximum absolute atomic E-state index is 5.77. The Morgan fingerprint density at radius 2 is 2.06 bits per heavy atom. The molecule has 0 saturated heterocycles. The van der Waals surface area contributed by atoms with Crippen molar-refractivity contribution >= 4 is 27.4 Å². The zero-order chi connectivity index (χ0) is 13.1. The van der Waals surface area contributed by atoms with Crippen LogP contribution in [-0.4, -0.2) is 12.0 Å². The van der Waals surface area contributed by atoms with Crippen molar-refractivity contribution in [3.8, 4) is 0 Å². The van der Waals surface area contributed by atoms with Crippen molar-refractivity contribution < 1.29 is 0 Å². The van der Waals surface area contributed by atoms with Crippen LogP contribution < -0.4 is 10.6 Å². The molecule has 3 nitrogen and oxygen atoms in total. The third-order valence-electron chi connectivity index (χ3n) is 2.91. The second-order valence-electron chi connectivity index (χ2n) is 4.19. The smallest absolute Gasteiger partial charge is 0.135 e. The lowest BCUT2D eigenvalue weighted by Gasteiger charge is -2.22. The molecular weight excluding hydrogens is 290 g/mol. The molecule has 0 fully saturated rings. The van der Waals surface area contributed by atoms with Crippen molar-refractivity contribution in [2.75, 3.05) is 11.9 Å². The molecule has 4 heteroatoms. The van der Waals surface area contributed by atoms with Crippen molar-refractivity contribution in [2.45, 2.75) is 13.5 Å². The fourth-order valence-electron chi connectivity index (χ4n) is 2.01. The molecule has 0 spiro atoms. The molecule has 94 valence electrons. The Labute approximate surface area is 116 Å². The van der Waals surface area contributed by atoms with Crippen LogP contribution in [0.5, 0.6) is 0 Å². The number of aromatic nitrogens is 1. The summed E-state index contributed by atoms with van der Waals surface area (Å²) in [6.07, 6.45) is 1.81. The lowest BCUT2D eigenvalue weighted by molar-refractivity contribution is 1.03. The Hall–Kier alpha value is -1.39. The van der Waals surface area contributed by atoms with Crippen molar-refractivity contribution in [3.63, 3.8) is 0 Å². The van der Waals surface area contributed by atoms with Gasteiger partial charge < -0.3 is 10.6 Å². The van der Waals surface area contributed by atoms with Gasteiger partial charge in [0.2, 0.25) is 0 Å². The summed E-state index contributed by atoms with van der Waals surface area (Å²) in [5.41, 5.74) is 9.11. The van der Waals surface area contributed by atoms with Crippen LogP contribution in [0.3, 0.4) is 0 Å². The van der Waals surface area contributed by atoms with E-state index >= 15 is 0 Å². The summed E-state index contributed by atoms with van der Waals surface area (Å²) in [7, 11) is 2.01. The minimum absolute atomic E-state index is 0.524. The maximum Gasteiger partial charge on any atom is 0.135 e. The number of nitrogens with zero attached hydrogens (tertiary/aromatic N) is 2. The first-order valence-corrected chi connectivity index (χ1v) is 6.56. The number of hydrogen-bond acceptors (Lipinski definition) is 3. The molecule has 2 aromatic rings. The van der Waals surface area contributed by atoms with Crippen molar-refractivity contribution in [1.29, 1.82) is 0 Å². The van der Waals surface area contributed by atoms with Crippen LogP contribution in [0.25, 0.3) is 0 Å². The Bertz CT molecular complexity index is 554. The third-order valence-corrected chi connectivity index (χ3v) is 3.34. The number of hydrogen-bond donors (Lipinski definition) is 1. The first-order chi connectivity index (χ1) is 8.63. The van der Waals surface area contributed by atoms with Crippen molar-refractivity contribution in [1.82, 2.24) is 4.98 Å². The largest absolute Gasteiger partial charge is 0.329 e.